The number of aromatic nitrogens is 3. The highest BCUT2D eigenvalue weighted by molar-refractivity contribution is 5.85. The number of aromatic amines is 2. The van der Waals surface area contributed by atoms with Gasteiger partial charge in [-0.3, -0.25) is 4.79 Å². The van der Waals surface area contributed by atoms with Crippen LogP contribution in [0.3, 0.4) is 0 Å². The summed E-state index contributed by atoms with van der Waals surface area (Å²) in [6.45, 7) is 8.29. The lowest BCUT2D eigenvalue weighted by Gasteiger charge is -2.09. The van der Waals surface area contributed by atoms with Crippen molar-refractivity contribution in [3.63, 3.8) is 0 Å². The Morgan fingerprint density at radius 3 is 2.62 bits per heavy atom. The lowest BCUT2D eigenvalue weighted by atomic mass is 10.1. The van der Waals surface area contributed by atoms with E-state index < -0.39 is 0 Å². The first-order valence-electron chi connectivity index (χ1n) is 8.76. The van der Waals surface area contributed by atoms with Gasteiger partial charge in [-0.15, -0.1) is 0 Å². The number of rotatable bonds is 5. The number of carbonyl (C=O) groups excluding carboxylic acids is 1. The lowest BCUT2D eigenvalue weighted by Crippen LogP contribution is -2.24. The Morgan fingerprint density at radius 2 is 1.88 bits per heavy atom. The molecule has 6 heteroatoms. The van der Waals surface area contributed by atoms with Crippen molar-refractivity contribution in [3.05, 3.63) is 62.5 Å². The molecule has 0 unspecified atom stereocenters. The van der Waals surface area contributed by atoms with Crippen LogP contribution in [0.15, 0.2) is 23.0 Å². The third kappa shape index (κ3) is 3.69. The number of fused-ring (bicyclic) bond motifs is 1. The summed E-state index contributed by atoms with van der Waals surface area (Å²) in [4.78, 5) is 33.5. The van der Waals surface area contributed by atoms with Crippen LogP contribution in [-0.2, 0) is 17.8 Å². The minimum absolute atomic E-state index is 0.0166. The van der Waals surface area contributed by atoms with E-state index in [-0.39, 0.29) is 11.6 Å². The highest BCUT2D eigenvalue weighted by atomic mass is 16.1. The van der Waals surface area contributed by atoms with Gasteiger partial charge in [0.25, 0.3) is 0 Å². The Labute approximate surface area is 152 Å². The summed E-state index contributed by atoms with van der Waals surface area (Å²) in [6, 6.07) is 6.20. The van der Waals surface area contributed by atoms with Gasteiger partial charge in [0.15, 0.2) is 0 Å². The molecule has 0 bridgehead atoms. The van der Waals surface area contributed by atoms with Crippen molar-refractivity contribution >= 4 is 16.8 Å². The van der Waals surface area contributed by atoms with Crippen LogP contribution in [0.25, 0.3) is 10.9 Å². The lowest BCUT2D eigenvalue weighted by molar-refractivity contribution is -0.121. The van der Waals surface area contributed by atoms with Gasteiger partial charge < -0.3 is 15.3 Å². The zero-order valence-corrected chi connectivity index (χ0v) is 15.6. The predicted octanol–water partition coefficient (Wildman–Crippen LogP) is 2.73. The van der Waals surface area contributed by atoms with E-state index in [0.717, 1.165) is 22.3 Å². The Balaban J connectivity index is 1.61. The van der Waals surface area contributed by atoms with Gasteiger partial charge in [0.1, 0.15) is 0 Å². The molecule has 3 rings (SSSR count). The van der Waals surface area contributed by atoms with Crippen LogP contribution in [-0.4, -0.2) is 20.9 Å². The highest BCUT2D eigenvalue weighted by Gasteiger charge is 2.10. The molecule has 0 spiro atoms. The van der Waals surface area contributed by atoms with Crippen molar-refractivity contribution in [3.8, 4) is 0 Å². The molecule has 0 radical (unpaired) electrons. The van der Waals surface area contributed by atoms with Gasteiger partial charge in [0.2, 0.25) is 5.91 Å². The quantitative estimate of drug-likeness (QED) is 0.659. The molecule has 1 aromatic carbocycles. The molecule has 0 aliphatic rings. The fraction of sp³-hybridized carbons (Fsp3) is 0.350. The zero-order valence-electron chi connectivity index (χ0n) is 15.6. The second-order valence-corrected chi connectivity index (χ2v) is 6.76. The van der Waals surface area contributed by atoms with Crippen LogP contribution in [0, 0.1) is 27.7 Å². The molecule has 6 nitrogen and oxygen atoms in total. The van der Waals surface area contributed by atoms with Gasteiger partial charge in [-0.2, -0.15) is 4.98 Å². The molecule has 0 saturated heterocycles. The molecule has 0 aliphatic heterocycles. The van der Waals surface area contributed by atoms with Crippen molar-refractivity contribution < 1.29 is 4.79 Å². The van der Waals surface area contributed by atoms with Gasteiger partial charge in [0.05, 0.1) is 0 Å². The molecular weight excluding hydrogens is 328 g/mol. The van der Waals surface area contributed by atoms with Gasteiger partial charge in [0, 0.05) is 41.0 Å². The van der Waals surface area contributed by atoms with Crippen molar-refractivity contribution in [2.75, 3.05) is 0 Å². The Hall–Kier alpha value is -2.89. The summed E-state index contributed by atoms with van der Waals surface area (Å²) in [6.07, 6.45) is 0.919. The second kappa shape index (κ2) is 7.15. The fourth-order valence-corrected chi connectivity index (χ4v) is 3.27. The van der Waals surface area contributed by atoms with Crippen molar-refractivity contribution in [1.29, 1.82) is 0 Å². The molecule has 2 aromatic heterocycles. The van der Waals surface area contributed by atoms with Gasteiger partial charge >= 0.3 is 5.69 Å². The molecule has 0 aliphatic carbocycles. The molecule has 26 heavy (non-hydrogen) atoms. The normalized spacial score (nSPS) is 11.1. The molecule has 0 atom stereocenters. The van der Waals surface area contributed by atoms with E-state index in [9.17, 15) is 9.59 Å². The minimum atomic E-state index is -0.348. The number of nitrogens with one attached hydrogen (secondary N) is 3. The predicted molar refractivity (Wildman–Crippen MR) is 102 cm³/mol. The number of hydrogen-bond acceptors (Lipinski definition) is 3. The number of H-pyrrole nitrogens is 2. The molecule has 2 heterocycles. The van der Waals surface area contributed by atoms with E-state index in [1.807, 2.05) is 13.0 Å². The molecule has 3 aromatic rings. The average Bonchev–Trinajstić information content (AvgIpc) is 2.86. The summed E-state index contributed by atoms with van der Waals surface area (Å²) in [7, 11) is 0. The van der Waals surface area contributed by atoms with Gasteiger partial charge in [-0.25, -0.2) is 4.79 Å². The van der Waals surface area contributed by atoms with Gasteiger partial charge in [-0.05, 0) is 62.9 Å². The number of aryl methyl sites for hydroxylation is 4. The monoisotopic (exact) mass is 352 g/mol. The maximum Gasteiger partial charge on any atom is 0.345 e. The van der Waals surface area contributed by atoms with E-state index >= 15 is 0 Å². The Morgan fingerprint density at radius 1 is 1.12 bits per heavy atom. The van der Waals surface area contributed by atoms with Crippen LogP contribution in [0.4, 0.5) is 0 Å². The van der Waals surface area contributed by atoms with Crippen LogP contribution in [0.1, 0.15) is 40.2 Å². The largest absolute Gasteiger partial charge is 0.358 e. The van der Waals surface area contributed by atoms with Crippen molar-refractivity contribution in [2.24, 2.45) is 0 Å². The van der Waals surface area contributed by atoms with Crippen LogP contribution < -0.4 is 11.0 Å². The van der Waals surface area contributed by atoms with E-state index in [4.69, 9.17) is 0 Å². The van der Waals surface area contributed by atoms with E-state index in [1.54, 1.807) is 6.92 Å². The number of benzene rings is 1. The number of nitrogens with zero attached hydrogens (tertiary/aromatic N) is 1. The topological polar surface area (TPSA) is 90.6 Å². The third-order valence-electron chi connectivity index (χ3n) is 4.92. The van der Waals surface area contributed by atoms with E-state index in [2.05, 4.69) is 46.2 Å². The Bertz CT molecular complexity index is 1000. The smallest absolute Gasteiger partial charge is 0.345 e. The van der Waals surface area contributed by atoms with Gasteiger partial charge in [-0.1, -0.05) is 6.07 Å². The molecule has 3 N–H and O–H groups in total. The summed E-state index contributed by atoms with van der Waals surface area (Å²) >= 11 is 0. The van der Waals surface area contributed by atoms with Crippen LogP contribution in [0.5, 0.6) is 0 Å². The fourth-order valence-electron chi connectivity index (χ4n) is 3.27. The summed E-state index contributed by atoms with van der Waals surface area (Å²) in [5, 5.41) is 4.16. The molecular formula is C20H24N4O2. The summed E-state index contributed by atoms with van der Waals surface area (Å²) < 4.78 is 0. The molecule has 0 saturated carbocycles. The SMILES string of the molecule is Cc1nc(=O)[nH]c(C)c1CCC(=O)NCc1ccc2[nH]c(C)c(C)c2c1. The standard InChI is InChI=1S/C20H24N4O2/c1-11-12(2)22-18-7-5-15(9-17(11)18)10-21-19(25)8-6-16-13(3)23-20(26)24-14(16)4/h5,7,9,22H,6,8,10H2,1-4H3,(H,21,25)(H,23,24,26). The Kier molecular flexibility index (Phi) is 4.93. The molecule has 1 amide bonds. The summed E-state index contributed by atoms with van der Waals surface area (Å²) in [5.74, 6) is -0.0166. The first kappa shape index (κ1) is 17.9. The molecule has 136 valence electrons. The van der Waals surface area contributed by atoms with Crippen molar-refractivity contribution in [2.45, 2.75) is 47.1 Å². The summed E-state index contributed by atoms with van der Waals surface area (Å²) in [5.41, 5.74) is 6.64. The first-order valence-corrected chi connectivity index (χ1v) is 8.76. The number of hydrogen-bond donors (Lipinski definition) is 3. The molecule has 0 fully saturated rings. The van der Waals surface area contributed by atoms with E-state index in [0.29, 0.717) is 25.1 Å². The minimum Gasteiger partial charge on any atom is -0.358 e. The van der Waals surface area contributed by atoms with E-state index in [1.165, 1.54) is 16.6 Å². The van der Waals surface area contributed by atoms with Crippen molar-refractivity contribution in [1.82, 2.24) is 20.3 Å². The number of carbonyl (C=O) groups is 1. The average molecular weight is 352 g/mol. The van der Waals surface area contributed by atoms with Crippen LogP contribution >= 0.6 is 0 Å². The number of amides is 1. The highest BCUT2D eigenvalue weighted by Crippen LogP contribution is 2.22. The maximum absolute atomic E-state index is 12.2. The first-order chi connectivity index (χ1) is 12.3. The van der Waals surface area contributed by atoms with Crippen LogP contribution in [0.2, 0.25) is 0 Å². The second-order valence-electron chi connectivity index (χ2n) is 6.76. The zero-order chi connectivity index (χ0) is 18.8. The maximum atomic E-state index is 12.2. The third-order valence-corrected chi connectivity index (χ3v) is 4.92.